The molecule has 1 heterocycles. The van der Waals surface area contributed by atoms with Gasteiger partial charge in [0, 0.05) is 12.5 Å². The van der Waals surface area contributed by atoms with E-state index < -0.39 is 6.09 Å². The zero-order valence-electron chi connectivity index (χ0n) is 9.95. The van der Waals surface area contributed by atoms with Gasteiger partial charge >= 0.3 is 0 Å². The number of carbonyl (C=O) groups excluding carboxylic acids is 1. The molecule has 0 bridgehead atoms. The third-order valence-electron chi connectivity index (χ3n) is 3.69. The van der Waals surface area contributed by atoms with E-state index in [9.17, 15) is 9.90 Å². The number of carbonyl (C=O) groups is 1. The monoisotopic (exact) mass is 214 g/mol. The van der Waals surface area contributed by atoms with Crippen molar-refractivity contribution in [3.05, 3.63) is 0 Å². The predicted octanol–water partition coefficient (Wildman–Crippen LogP) is 0.314. The average molecular weight is 214 g/mol. The highest BCUT2D eigenvalue weighted by molar-refractivity contribution is 5.54. The smallest absolute Gasteiger partial charge is 0.257 e. The first-order valence-corrected chi connectivity index (χ1v) is 5.62. The van der Waals surface area contributed by atoms with Crippen molar-refractivity contribution < 1.29 is 14.4 Å². The molecular weight excluding hydrogens is 192 g/mol. The molecule has 0 aromatic rings. The lowest BCUT2D eigenvalue weighted by atomic mass is 9.90. The summed E-state index contributed by atoms with van der Waals surface area (Å²) >= 11 is 0. The highest BCUT2D eigenvalue weighted by Gasteiger charge is 2.45. The third kappa shape index (κ3) is 2.16. The normalized spacial score (nSPS) is 32.7. The molecule has 0 radical (unpaired) electrons. The van der Waals surface area contributed by atoms with Crippen LogP contribution in [0.15, 0.2) is 0 Å². The van der Waals surface area contributed by atoms with Gasteiger partial charge in [-0.15, -0.1) is 0 Å². The second kappa shape index (κ2) is 4.10. The Hall–Kier alpha value is -0.610. The Morgan fingerprint density at radius 2 is 2.13 bits per heavy atom. The van der Waals surface area contributed by atoms with E-state index in [-0.39, 0.29) is 10.0 Å². The Bertz CT molecular complexity index is 247. The maximum atomic E-state index is 11.4. The maximum absolute atomic E-state index is 11.4. The predicted molar refractivity (Wildman–Crippen MR) is 56.9 cm³/mol. The number of hydrogen-bond donors (Lipinski definition) is 1. The summed E-state index contributed by atoms with van der Waals surface area (Å²) in [5.74, 6) is 0.316. The lowest BCUT2D eigenvalue weighted by Gasteiger charge is -2.51. The summed E-state index contributed by atoms with van der Waals surface area (Å²) < 4.78 is 0.0505. The lowest BCUT2D eigenvalue weighted by molar-refractivity contribution is -0.926. The van der Waals surface area contributed by atoms with Crippen LogP contribution in [0.25, 0.3) is 0 Å². The second-order valence-electron chi connectivity index (χ2n) is 5.55. The van der Waals surface area contributed by atoms with E-state index in [0.717, 1.165) is 12.8 Å². The van der Waals surface area contributed by atoms with Crippen molar-refractivity contribution in [3.8, 4) is 0 Å². The van der Waals surface area contributed by atoms with Gasteiger partial charge in [0.05, 0.1) is 18.6 Å². The summed E-state index contributed by atoms with van der Waals surface area (Å²) in [6.07, 6.45) is 1.01. The number of carboxylic acid groups (broad SMARTS) is 1. The Morgan fingerprint density at radius 3 is 2.53 bits per heavy atom. The fourth-order valence-corrected chi connectivity index (χ4v) is 2.51. The van der Waals surface area contributed by atoms with E-state index in [0.29, 0.717) is 25.6 Å². The van der Waals surface area contributed by atoms with Crippen LogP contribution >= 0.6 is 0 Å². The zero-order chi connectivity index (χ0) is 11.7. The molecule has 1 fully saturated rings. The maximum Gasteiger partial charge on any atom is 0.257 e. The van der Waals surface area contributed by atoms with E-state index in [4.69, 9.17) is 5.73 Å². The molecule has 0 aromatic heterocycles. The summed E-state index contributed by atoms with van der Waals surface area (Å²) in [4.78, 5) is 11.4. The molecular formula is C11H22N2O2. The molecule has 1 aliphatic rings. The lowest BCUT2D eigenvalue weighted by Crippen LogP contribution is -2.71. The fraction of sp³-hybridized carbons (Fsp3) is 0.909. The molecule has 1 amide bonds. The van der Waals surface area contributed by atoms with Crippen molar-refractivity contribution in [1.82, 2.24) is 0 Å². The van der Waals surface area contributed by atoms with Crippen molar-refractivity contribution >= 4 is 6.09 Å². The minimum atomic E-state index is -0.958. The van der Waals surface area contributed by atoms with Crippen LogP contribution in [0.3, 0.4) is 0 Å². The Labute approximate surface area is 91.6 Å². The number of piperidine rings is 1. The molecule has 1 aliphatic heterocycles. The van der Waals surface area contributed by atoms with Gasteiger partial charge in [-0.05, 0) is 33.6 Å². The highest BCUT2D eigenvalue weighted by Crippen LogP contribution is 2.32. The van der Waals surface area contributed by atoms with Crippen molar-refractivity contribution in [2.75, 3.05) is 19.6 Å². The number of nitrogens with zero attached hydrogens (tertiary/aromatic N) is 1. The minimum absolute atomic E-state index is 0.0505. The largest absolute Gasteiger partial charge is 0.498 e. The molecule has 15 heavy (non-hydrogen) atoms. The molecule has 2 N–H and O–H groups in total. The zero-order valence-corrected chi connectivity index (χ0v) is 9.95. The van der Waals surface area contributed by atoms with Gasteiger partial charge in [-0.2, -0.15) is 0 Å². The molecule has 0 saturated carbocycles. The van der Waals surface area contributed by atoms with Gasteiger partial charge in [0.1, 0.15) is 0 Å². The van der Waals surface area contributed by atoms with Crippen molar-refractivity contribution in [2.45, 2.75) is 39.2 Å². The van der Waals surface area contributed by atoms with Crippen LogP contribution in [0.2, 0.25) is 0 Å². The Morgan fingerprint density at radius 1 is 1.53 bits per heavy atom. The summed E-state index contributed by atoms with van der Waals surface area (Å²) in [7, 11) is 0. The number of rotatable bonds is 1. The number of amides is 1. The second-order valence-corrected chi connectivity index (χ2v) is 5.55. The van der Waals surface area contributed by atoms with Gasteiger partial charge in [-0.1, -0.05) is 0 Å². The van der Waals surface area contributed by atoms with Crippen LogP contribution in [0.5, 0.6) is 0 Å². The number of quaternary nitrogens is 1. The molecule has 0 aliphatic carbocycles. The van der Waals surface area contributed by atoms with Gasteiger partial charge in [0.15, 0.2) is 0 Å². The molecule has 1 unspecified atom stereocenters. The first-order chi connectivity index (χ1) is 6.83. The van der Waals surface area contributed by atoms with E-state index in [1.165, 1.54) is 0 Å². The van der Waals surface area contributed by atoms with E-state index in [2.05, 4.69) is 0 Å². The summed E-state index contributed by atoms with van der Waals surface area (Å²) in [5, 5.41) is 11.4. The SMILES string of the molecule is CC(C)(C)[N+]1(C(=O)[O-])CCC[C@@H](CN)C1. The van der Waals surface area contributed by atoms with Crippen LogP contribution < -0.4 is 10.8 Å². The number of nitrogens with two attached hydrogens (primary N) is 1. The van der Waals surface area contributed by atoms with E-state index in [1.807, 2.05) is 20.8 Å². The molecule has 0 aromatic carbocycles. The molecule has 88 valence electrons. The van der Waals surface area contributed by atoms with Gasteiger partial charge in [0.25, 0.3) is 6.09 Å². The van der Waals surface area contributed by atoms with Crippen LogP contribution in [0.1, 0.15) is 33.6 Å². The standard InChI is InChI=1S/C11H22N2O2/c1-11(2,3)13(10(14)15)6-4-5-9(7-12)8-13/h9H,4-8,12H2,1-3H3/t9-,13?/m0/s1. The van der Waals surface area contributed by atoms with Crippen molar-refractivity contribution in [3.63, 3.8) is 0 Å². The Balaban J connectivity index is 2.96. The van der Waals surface area contributed by atoms with Gasteiger partial charge in [0.2, 0.25) is 0 Å². The van der Waals surface area contributed by atoms with Crippen LogP contribution in [0.4, 0.5) is 4.79 Å². The first kappa shape index (κ1) is 12.5. The average Bonchev–Trinajstić information content (AvgIpc) is 2.16. The molecule has 0 spiro atoms. The fourth-order valence-electron chi connectivity index (χ4n) is 2.51. The van der Waals surface area contributed by atoms with E-state index in [1.54, 1.807) is 0 Å². The van der Waals surface area contributed by atoms with Crippen LogP contribution in [0, 0.1) is 5.92 Å². The van der Waals surface area contributed by atoms with Gasteiger partial charge < -0.3 is 15.6 Å². The quantitative estimate of drug-likeness (QED) is 0.639. The highest BCUT2D eigenvalue weighted by atomic mass is 16.4. The summed E-state index contributed by atoms with van der Waals surface area (Å²) in [6.45, 7) is 7.74. The molecule has 4 nitrogen and oxygen atoms in total. The minimum Gasteiger partial charge on any atom is -0.498 e. The Kier molecular flexibility index (Phi) is 3.41. The van der Waals surface area contributed by atoms with Crippen molar-refractivity contribution in [2.24, 2.45) is 11.7 Å². The number of hydrogen-bond acceptors (Lipinski definition) is 3. The van der Waals surface area contributed by atoms with Crippen molar-refractivity contribution in [1.29, 1.82) is 0 Å². The number of likely N-dealkylation sites (tertiary alicyclic amines) is 1. The third-order valence-corrected chi connectivity index (χ3v) is 3.69. The summed E-state index contributed by atoms with van der Waals surface area (Å²) in [5.41, 5.74) is 5.33. The molecule has 4 heteroatoms. The molecule has 1 rings (SSSR count). The van der Waals surface area contributed by atoms with E-state index >= 15 is 0 Å². The topological polar surface area (TPSA) is 66.1 Å². The van der Waals surface area contributed by atoms with Crippen LogP contribution in [-0.2, 0) is 0 Å². The molecule has 2 atom stereocenters. The van der Waals surface area contributed by atoms with Crippen LogP contribution in [-0.4, -0.2) is 35.7 Å². The summed E-state index contributed by atoms with van der Waals surface area (Å²) in [6, 6.07) is 0. The first-order valence-electron chi connectivity index (χ1n) is 5.62. The van der Waals surface area contributed by atoms with Gasteiger partial charge in [-0.3, -0.25) is 4.48 Å². The van der Waals surface area contributed by atoms with Gasteiger partial charge in [-0.25, -0.2) is 0 Å². The molecule has 1 saturated heterocycles.